The van der Waals surface area contributed by atoms with Gasteiger partial charge in [0.05, 0.1) is 0 Å². The SMILES string of the molecule is Br.Br.[CH3][Zr]([CH3])(=[SiH2])([CH]1C=Cc2ccccc21)[CH]1C=Cc2ccccc21. The van der Waals surface area contributed by atoms with Crippen LogP contribution in [0.5, 0.6) is 0 Å². The van der Waals surface area contributed by atoms with E-state index in [2.05, 4.69) is 89.0 Å². The van der Waals surface area contributed by atoms with Crippen LogP contribution in [0.15, 0.2) is 60.7 Å². The molecule has 0 fully saturated rings. The van der Waals surface area contributed by atoms with Crippen molar-refractivity contribution in [3.63, 3.8) is 0 Å². The quantitative estimate of drug-likeness (QED) is 0.407. The molecule has 2 unspecified atom stereocenters. The summed E-state index contributed by atoms with van der Waals surface area (Å²) in [6.07, 6.45) is 9.69. The molecule has 2 atom stereocenters. The van der Waals surface area contributed by atoms with E-state index in [1.807, 2.05) is 0 Å². The van der Waals surface area contributed by atoms with E-state index in [1.54, 1.807) is 11.1 Å². The molecule has 0 nitrogen and oxygen atoms in total. The fourth-order valence-corrected chi connectivity index (χ4v) is 19.4. The Balaban J connectivity index is 0.00000104. The molecule has 24 heavy (non-hydrogen) atoms. The number of fused-ring (bicyclic) bond motifs is 2. The van der Waals surface area contributed by atoms with Gasteiger partial charge >= 0.3 is 136 Å². The predicted molar refractivity (Wildman–Crippen MR) is 117 cm³/mol. The summed E-state index contributed by atoms with van der Waals surface area (Å²) in [6, 6.07) is 17.9. The van der Waals surface area contributed by atoms with E-state index in [-0.39, 0.29) is 34.0 Å². The van der Waals surface area contributed by atoms with Gasteiger partial charge in [-0.15, -0.1) is 34.0 Å². The summed E-state index contributed by atoms with van der Waals surface area (Å²) in [4.78, 5) is 0. The van der Waals surface area contributed by atoms with E-state index in [0.717, 1.165) is 0 Å². The summed E-state index contributed by atoms with van der Waals surface area (Å²) < 4.78 is 6.59. The Kier molecular flexibility index (Phi) is 5.87. The van der Waals surface area contributed by atoms with E-state index in [4.69, 9.17) is 0 Å². The second-order valence-electron chi connectivity index (χ2n) is 7.87. The number of halogens is 2. The van der Waals surface area contributed by atoms with Crippen molar-refractivity contribution >= 4 is 53.0 Å². The predicted octanol–water partition coefficient (Wildman–Crippen LogP) is 6.01. The van der Waals surface area contributed by atoms with Crippen molar-refractivity contribution in [2.24, 2.45) is 0 Å². The first-order valence-corrected chi connectivity index (χ1v) is 21.7. The van der Waals surface area contributed by atoms with E-state index in [1.165, 1.54) is 11.1 Å². The maximum atomic E-state index is 2.65. The Morgan fingerprint density at radius 2 is 1.08 bits per heavy atom. The third-order valence-corrected chi connectivity index (χ3v) is 23.4. The summed E-state index contributed by atoms with van der Waals surface area (Å²) in [5.41, 5.74) is 5.98. The molecule has 126 valence electrons. The molecule has 0 aliphatic heterocycles. The zero-order chi connectivity index (χ0) is 15.4. The topological polar surface area (TPSA) is 0 Å². The zero-order valence-corrected chi connectivity index (χ0v) is 21.4. The van der Waals surface area contributed by atoms with E-state index in [9.17, 15) is 0 Å². The van der Waals surface area contributed by atoms with Crippen LogP contribution in [-0.4, -0.2) is 6.88 Å². The first-order valence-electron chi connectivity index (χ1n) is 8.07. The molecule has 2 aliphatic rings. The molecule has 0 saturated heterocycles. The van der Waals surface area contributed by atoms with Crippen molar-refractivity contribution in [3.8, 4) is 0 Å². The number of hydrogen-bond acceptors (Lipinski definition) is 0. The van der Waals surface area contributed by atoms with Crippen LogP contribution in [0.4, 0.5) is 0 Å². The average Bonchev–Trinajstić information content (AvgIpc) is 3.12. The summed E-state index contributed by atoms with van der Waals surface area (Å²) in [5.74, 6) is 0. The first kappa shape index (κ1) is 20.3. The molecular formula is C20H24Br2SiZr. The first-order chi connectivity index (χ1) is 10.5. The van der Waals surface area contributed by atoms with Gasteiger partial charge in [0.15, 0.2) is 0 Å². The van der Waals surface area contributed by atoms with Crippen LogP contribution in [0.3, 0.4) is 0 Å². The van der Waals surface area contributed by atoms with Crippen LogP contribution in [-0.2, 0) is 17.4 Å². The molecular weight excluding hydrogens is 519 g/mol. The van der Waals surface area contributed by atoms with Gasteiger partial charge in [-0.3, -0.25) is 0 Å². The second kappa shape index (κ2) is 6.95. The van der Waals surface area contributed by atoms with Gasteiger partial charge in [-0.25, -0.2) is 0 Å². The number of rotatable bonds is 2. The Morgan fingerprint density at radius 1 is 0.708 bits per heavy atom. The number of benzene rings is 2. The number of allylic oxidation sites excluding steroid dienone is 2. The fraction of sp³-hybridized carbons (Fsp3) is 0.200. The van der Waals surface area contributed by atoms with Crippen molar-refractivity contribution in [2.45, 2.75) is 16.5 Å². The van der Waals surface area contributed by atoms with Gasteiger partial charge in [-0.2, -0.15) is 0 Å². The number of hydrogen-bond donors (Lipinski definition) is 0. The van der Waals surface area contributed by atoms with Crippen LogP contribution in [0.25, 0.3) is 12.2 Å². The van der Waals surface area contributed by atoms with Crippen LogP contribution >= 0.6 is 34.0 Å². The standard InChI is InChI=1S/2C9H7.2CH3.2BrH.H2Si.Zr/c2*1-2-5-9-7-3-6-8(9)4-1;;;;;;/h2*1-7H;2*1H3;2*1H;1H2;. The monoisotopic (exact) mass is 540 g/mol. The molecule has 2 aromatic carbocycles. The summed E-state index contributed by atoms with van der Waals surface area (Å²) in [7, 11) is 0. The van der Waals surface area contributed by atoms with Crippen molar-refractivity contribution in [2.75, 3.05) is 0 Å². The molecule has 0 aromatic heterocycles. The van der Waals surface area contributed by atoms with Crippen LogP contribution < -0.4 is 0 Å². The van der Waals surface area contributed by atoms with Crippen LogP contribution in [0.2, 0.25) is 9.26 Å². The summed E-state index contributed by atoms with van der Waals surface area (Å²) in [6.45, 7) is 2.37. The van der Waals surface area contributed by atoms with E-state index in [0.29, 0.717) is 7.25 Å². The van der Waals surface area contributed by atoms with Gasteiger partial charge in [0.2, 0.25) is 0 Å². The van der Waals surface area contributed by atoms with Crippen LogP contribution in [0, 0.1) is 0 Å². The minimum atomic E-state index is -3.02. The molecule has 0 N–H and O–H groups in total. The molecule has 0 spiro atoms. The maximum absolute atomic E-state index is 3.02. The minimum absolute atomic E-state index is 0. The zero-order valence-electron chi connectivity index (χ0n) is 14.1. The van der Waals surface area contributed by atoms with Gasteiger partial charge in [0.25, 0.3) is 0 Å². The van der Waals surface area contributed by atoms with Crippen molar-refractivity contribution in [3.05, 3.63) is 82.9 Å². The molecule has 0 saturated carbocycles. The van der Waals surface area contributed by atoms with Gasteiger partial charge < -0.3 is 0 Å². The molecule has 0 heterocycles. The normalized spacial score (nSPS) is 20.8. The van der Waals surface area contributed by atoms with E-state index < -0.39 is 17.4 Å². The Labute approximate surface area is 168 Å². The molecule has 0 amide bonds. The Bertz CT molecular complexity index is 825. The molecule has 0 bridgehead atoms. The fourth-order valence-electron chi connectivity index (χ4n) is 4.35. The summed E-state index contributed by atoms with van der Waals surface area (Å²) in [5, 5.41) is 0. The van der Waals surface area contributed by atoms with Crippen LogP contribution in [0.1, 0.15) is 29.5 Å². The summed E-state index contributed by atoms with van der Waals surface area (Å²) >= 11 is -3.02. The second-order valence-corrected chi connectivity index (χ2v) is 38.6. The van der Waals surface area contributed by atoms with Gasteiger partial charge in [0.1, 0.15) is 0 Å². The van der Waals surface area contributed by atoms with Gasteiger partial charge in [-0.1, -0.05) is 0 Å². The molecule has 2 aliphatic carbocycles. The van der Waals surface area contributed by atoms with Crippen molar-refractivity contribution in [1.82, 2.24) is 0 Å². The van der Waals surface area contributed by atoms with Crippen molar-refractivity contribution < 1.29 is 17.4 Å². The molecule has 2 aromatic rings. The van der Waals surface area contributed by atoms with Gasteiger partial charge in [0, 0.05) is 0 Å². The Hall–Kier alpha value is -0.0200. The third-order valence-electron chi connectivity index (χ3n) is 5.64. The molecule has 4 heteroatoms. The Morgan fingerprint density at radius 3 is 1.50 bits per heavy atom. The van der Waals surface area contributed by atoms with Gasteiger partial charge in [-0.05, 0) is 0 Å². The average molecular weight is 544 g/mol. The third kappa shape index (κ3) is 3.09. The van der Waals surface area contributed by atoms with E-state index >= 15 is 0 Å². The molecule has 4 rings (SSSR count). The van der Waals surface area contributed by atoms with Crippen molar-refractivity contribution in [1.29, 1.82) is 0 Å². The molecule has 0 radical (unpaired) electrons.